The zero-order chi connectivity index (χ0) is 31.1. The van der Waals surface area contributed by atoms with Gasteiger partial charge in [0.2, 0.25) is 17.7 Å². The Morgan fingerprint density at radius 1 is 1.02 bits per heavy atom. The lowest BCUT2D eigenvalue weighted by molar-refractivity contribution is -0.139. The zero-order valence-electron chi connectivity index (χ0n) is 23.0. The van der Waals surface area contributed by atoms with Crippen molar-refractivity contribution in [1.29, 1.82) is 0 Å². The van der Waals surface area contributed by atoms with E-state index in [0.29, 0.717) is 26.6 Å². The number of nitrogens with one attached hydrogen (secondary N) is 1. The minimum Gasteiger partial charge on any atom is -0.364 e. The Kier molecular flexibility index (Phi) is 7.91. The Balaban J connectivity index is 1.18. The molecule has 3 N–H and O–H groups in total. The maximum absolute atomic E-state index is 14.6. The fourth-order valence-electron chi connectivity index (χ4n) is 5.70. The van der Waals surface area contributed by atoms with E-state index in [9.17, 15) is 23.6 Å². The molecular weight excluding hydrogens is 614 g/mol. The summed E-state index contributed by atoms with van der Waals surface area (Å²) in [6.07, 6.45) is 1.51. The number of nitrogens with two attached hydrogens (primary N) is 1. The summed E-state index contributed by atoms with van der Waals surface area (Å²) in [6, 6.07) is 10.0. The highest BCUT2D eigenvalue weighted by Crippen LogP contribution is 2.30. The largest absolute Gasteiger partial charge is 0.364 e. The van der Waals surface area contributed by atoms with Crippen molar-refractivity contribution in [3.05, 3.63) is 70.6 Å². The van der Waals surface area contributed by atoms with Gasteiger partial charge in [-0.2, -0.15) is 15.3 Å². The van der Waals surface area contributed by atoms with Crippen molar-refractivity contribution in [3.63, 3.8) is 0 Å². The van der Waals surface area contributed by atoms with Crippen LogP contribution in [0.1, 0.15) is 23.3 Å². The third-order valence-corrected chi connectivity index (χ3v) is 8.13. The molecule has 3 unspecified atom stereocenters. The standard InChI is InChI=1S/C29H25Cl2FN8O4/c30-17-6-18(31)8-21(7-17)38-13-20(10-25(38)41)36-29(44)24-9-19(32)12-39(24)26(42)14-40-23-2-1-15(16-3-4-34-35-11-16)5-22(23)27(37-40)28(33)43/h1-8,11,19-20,24H,9-10,12-14H2,(H2,33,43)(H,36,44). The van der Waals surface area contributed by atoms with Gasteiger partial charge in [0.05, 0.1) is 30.5 Å². The third-order valence-electron chi connectivity index (χ3n) is 7.69. The van der Waals surface area contributed by atoms with Crippen LogP contribution in [0, 0.1) is 0 Å². The van der Waals surface area contributed by atoms with Gasteiger partial charge in [0.1, 0.15) is 18.8 Å². The monoisotopic (exact) mass is 638 g/mol. The Bertz CT molecular complexity index is 1780. The van der Waals surface area contributed by atoms with Crippen LogP contribution in [0.4, 0.5) is 10.1 Å². The summed E-state index contributed by atoms with van der Waals surface area (Å²) in [6.45, 7) is -0.482. The van der Waals surface area contributed by atoms with Gasteiger partial charge in [-0.3, -0.25) is 23.9 Å². The second-order valence-electron chi connectivity index (χ2n) is 10.7. The first-order valence-electron chi connectivity index (χ1n) is 13.6. The number of halogens is 3. The van der Waals surface area contributed by atoms with Crippen LogP contribution in [0.5, 0.6) is 0 Å². The van der Waals surface area contributed by atoms with E-state index < -0.39 is 36.0 Å². The van der Waals surface area contributed by atoms with Crippen LogP contribution in [-0.2, 0) is 20.9 Å². The van der Waals surface area contributed by atoms with Gasteiger partial charge in [-0.05, 0) is 42.0 Å². The number of carbonyl (C=O) groups excluding carboxylic acids is 4. The number of amides is 4. The number of nitrogens with zero attached hydrogens (tertiary/aromatic N) is 6. The molecule has 4 aromatic rings. The Hall–Kier alpha value is -4.62. The first-order chi connectivity index (χ1) is 21.1. The number of benzene rings is 2. The van der Waals surface area contributed by atoms with E-state index in [1.807, 2.05) is 0 Å². The molecule has 0 radical (unpaired) electrons. The van der Waals surface area contributed by atoms with Gasteiger partial charge in [0.15, 0.2) is 5.69 Å². The van der Waals surface area contributed by atoms with E-state index in [0.717, 1.165) is 11.1 Å². The van der Waals surface area contributed by atoms with Crippen molar-refractivity contribution in [3.8, 4) is 11.1 Å². The predicted octanol–water partition coefficient (Wildman–Crippen LogP) is 2.76. The highest BCUT2D eigenvalue weighted by atomic mass is 35.5. The molecule has 0 bridgehead atoms. The predicted molar refractivity (Wildman–Crippen MR) is 160 cm³/mol. The van der Waals surface area contributed by atoms with E-state index in [2.05, 4.69) is 20.6 Å². The second kappa shape index (κ2) is 11.8. The molecule has 226 valence electrons. The van der Waals surface area contributed by atoms with Gasteiger partial charge >= 0.3 is 0 Å². The van der Waals surface area contributed by atoms with Crippen LogP contribution < -0.4 is 16.0 Å². The second-order valence-corrected chi connectivity index (χ2v) is 11.5. The van der Waals surface area contributed by atoms with Crippen molar-refractivity contribution >= 4 is 63.4 Å². The van der Waals surface area contributed by atoms with E-state index >= 15 is 0 Å². The highest BCUT2D eigenvalue weighted by molar-refractivity contribution is 6.35. The number of fused-ring (bicyclic) bond motifs is 1. The zero-order valence-corrected chi connectivity index (χ0v) is 24.5. The normalized spacial score (nSPS) is 20.0. The van der Waals surface area contributed by atoms with Gasteiger partial charge in [-0.25, -0.2) is 4.39 Å². The van der Waals surface area contributed by atoms with Crippen molar-refractivity contribution < 1.29 is 23.6 Å². The van der Waals surface area contributed by atoms with Crippen LogP contribution >= 0.6 is 23.2 Å². The number of rotatable bonds is 7. The lowest BCUT2D eigenvalue weighted by Gasteiger charge is -2.25. The summed E-state index contributed by atoms with van der Waals surface area (Å²) in [5.41, 5.74) is 8.00. The van der Waals surface area contributed by atoms with Crippen LogP contribution in [0.3, 0.4) is 0 Å². The Morgan fingerprint density at radius 2 is 1.80 bits per heavy atom. The average Bonchev–Trinajstić information content (AvgIpc) is 3.67. The topological polar surface area (TPSA) is 156 Å². The fraction of sp³-hybridized carbons (Fsp3) is 0.276. The molecule has 0 spiro atoms. The van der Waals surface area contributed by atoms with Crippen LogP contribution in [0.2, 0.25) is 10.0 Å². The molecule has 2 fully saturated rings. The number of alkyl halides is 1. The Morgan fingerprint density at radius 3 is 2.50 bits per heavy atom. The van der Waals surface area contributed by atoms with E-state index in [4.69, 9.17) is 28.9 Å². The minimum absolute atomic E-state index is 0.0162. The van der Waals surface area contributed by atoms with Gasteiger partial charge in [-0.1, -0.05) is 29.3 Å². The molecule has 2 saturated heterocycles. The van der Waals surface area contributed by atoms with Crippen molar-refractivity contribution in [1.82, 2.24) is 30.2 Å². The number of anilines is 1. The minimum atomic E-state index is -1.42. The van der Waals surface area contributed by atoms with Gasteiger partial charge < -0.3 is 20.9 Å². The molecule has 0 aliphatic carbocycles. The molecule has 4 amide bonds. The molecule has 2 aliphatic heterocycles. The molecular formula is C29H25Cl2FN8O4. The average molecular weight is 639 g/mol. The molecule has 2 aromatic carbocycles. The first kappa shape index (κ1) is 29.5. The van der Waals surface area contributed by atoms with E-state index in [-0.39, 0.29) is 44.1 Å². The third kappa shape index (κ3) is 5.80. The van der Waals surface area contributed by atoms with Gasteiger partial charge in [0.25, 0.3) is 5.91 Å². The number of hydrogen-bond donors (Lipinski definition) is 2. The van der Waals surface area contributed by atoms with Gasteiger partial charge in [0, 0.05) is 46.1 Å². The summed E-state index contributed by atoms with van der Waals surface area (Å²) in [7, 11) is 0. The lowest BCUT2D eigenvalue weighted by Crippen LogP contribution is -2.50. The summed E-state index contributed by atoms with van der Waals surface area (Å²) in [4.78, 5) is 54.4. The highest BCUT2D eigenvalue weighted by Gasteiger charge is 2.42. The molecule has 15 heteroatoms. The van der Waals surface area contributed by atoms with E-state index in [1.54, 1.807) is 48.7 Å². The van der Waals surface area contributed by atoms with Crippen molar-refractivity contribution in [2.24, 2.45) is 5.73 Å². The SMILES string of the molecule is NC(=O)c1nn(CC(=O)N2CC(F)CC2C(=O)NC2CC(=O)N(c3cc(Cl)cc(Cl)c3)C2)c2ccc(-c3ccnnc3)cc12. The van der Waals surface area contributed by atoms with Crippen LogP contribution in [-0.4, -0.2) is 79.9 Å². The molecule has 6 rings (SSSR count). The number of hydrogen-bond acceptors (Lipinski definition) is 7. The summed E-state index contributed by atoms with van der Waals surface area (Å²) in [5.74, 6) is -2.16. The molecule has 12 nitrogen and oxygen atoms in total. The molecule has 2 aromatic heterocycles. The summed E-state index contributed by atoms with van der Waals surface area (Å²) >= 11 is 12.2. The maximum Gasteiger partial charge on any atom is 0.269 e. The number of likely N-dealkylation sites (tertiary alicyclic amines) is 1. The molecule has 0 saturated carbocycles. The summed E-state index contributed by atoms with van der Waals surface area (Å²) < 4.78 is 15.9. The van der Waals surface area contributed by atoms with Crippen LogP contribution in [0.25, 0.3) is 22.0 Å². The number of carbonyl (C=O) groups is 4. The molecule has 2 aliphatic rings. The maximum atomic E-state index is 14.6. The van der Waals surface area contributed by atoms with E-state index in [1.165, 1.54) is 20.7 Å². The Labute approximate surface area is 259 Å². The fourth-order valence-corrected chi connectivity index (χ4v) is 6.21. The molecule has 3 atom stereocenters. The van der Waals surface area contributed by atoms with Crippen molar-refractivity contribution in [2.45, 2.75) is 37.6 Å². The lowest BCUT2D eigenvalue weighted by atomic mass is 10.0. The first-order valence-corrected chi connectivity index (χ1v) is 14.4. The molecule has 4 heterocycles. The van der Waals surface area contributed by atoms with Crippen molar-refractivity contribution in [2.75, 3.05) is 18.0 Å². The van der Waals surface area contributed by atoms with Crippen LogP contribution in [0.15, 0.2) is 54.9 Å². The quantitative estimate of drug-likeness (QED) is 0.315. The number of aromatic nitrogens is 4. The summed E-state index contributed by atoms with van der Waals surface area (Å²) in [5, 5.41) is 15.9. The molecule has 44 heavy (non-hydrogen) atoms. The van der Waals surface area contributed by atoms with Gasteiger partial charge in [-0.15, -0.1) is 0 Å². The smallest absolute Gasteiger partial charge is 0.269 e. The number of primary amides is 1.